The number of carbonyl (C=O) groups excluding carboxylic acids is 1. The largest absolute Gasteiger partial charge is 0.507 e. The zero-order chi connectivity index (χ0) is 16.9. The van der Waals surface area contributed by atoms with Crippen LogP contribution < -0.4 is 10.2 Å². The molecule has 1 amide bonds. The zero-order valence-corrected chi connectivity index (χ0v) is 15.6. The van der Waals surface area contributed by atoms with Crippen molar-refractivity contribution in [3.8, 4) is 5.75 Å². The van der Waals surface area contributed by atoms with Gasteiger partial charge in [0.05, 0.1) is 5.56 Å². The standard InChI is InChI=1S/C18H19BrN2O2S/c19-14-3-6-17(22)16(11-14)18(23)20-12-13-1-4-15(5-2-13)21-7-9-24-10-8-21/h1-6,11,22H,7-10,12H2,(H,20,23). The number of nitrogens with one attached hydrogen (secondary N) is 1. The molecule has 3 rings (SSSR count). The summed E-state index contributed by atoms with van der Waals surface area (Å²) in [5.41, 5.74) is 2.54. The highest BCUT2D eigenvalue weighted by Gasteiger charge is 2.12. The molecule has 126 valence electrons. The molecular weight excluding hydrogens is 388 g/mol. The lowest BCUT2D eigenvalue weighted by Gasteiger charge is -2.28. The van der Waals surface area contributed by atoms with Crippen molar-refractivity contribution in [2.75, 3.05) is 29.5 Å². The van der Waals surface area contributed by atoms with Crippen LogP contribution in [0, 0.1) is 0 Å². The lowest BCUT2D eigenvalue weighted by Crippen LogP contribution is -2.32. The van der Waals surface area contributed by atoms with Gasteiger partial charge in [-0.05, 0) is 35.9 Å². The molecule has 1 heterocycles. The Labute approximate surface area is 154 Å². The van der Waals surface area contributed by atoms with E-state index in [4.69, 9.17) is 0 Å². The molecule has 6 heteroatoms. The Bertz CT molecular complexity index is 715. The molecule has 1 saturated heterocycles. The lowest BCUT2D eigenvalue weighted by atomic mass is 10.1. The monoisotopic (exact) mass is 406 g/mol. The number of carbonyl (C=O) groups is 1. The van der Waals surface area contributed by atoms with Crippen molar-refractivity contribution >= 4 is 39.3 Å². The Morgan fingerprint density at radius 2 is 1.88 bits per heavy atom. The van der Waals surface area contributed by atoms with Crippen LogP contribution in [0.2, 0.25) is 0 Å². The third-order valence-corrected chi connectivity index (χ3v) is 5.40. The van der Waals surface area contributed by atoms with Crippen LogP contribution in [0.4, 0.5) is 5.69 Å². The van der Waals surface area contributed by atoms with Crippen LogP contribution >= 0.6 is 27.7 Å². The fourth-order valence-electron chi connectivity index (χ4n) is 2.61. The van der Waals surface area contributed by atoms with Crippen molar-refractivity contribution in [2.45, 2.75) is 6.54 Å². The summed E-state index contributed by atoms with van der Waals surface area (Å²) < 4.78 is 0.759. The Balaban J connectivity index is 1.60. The summed E-state index contributed by atoms with van der Waals surface area (Å²) in [7, 11) is 0. The molecular formula is C18H19BrN2O2S. The summed E-state index contributed by atoms with van der Waals surface area (Å²) >= 11 is 5.30. The van der Waals surface area contributed by atoms with Crippen molar-refractivity contribution in [1.29, 1.82) is 0 Å². The van der Waals surface area contributed by atoms with E-state index in [-0.39, 0.29) is 17.2 Å². The summed E-state index contributed by atoms with van der Waals surface area (Å²) in [6.07, 6.45) is 0. The topological polar surface area (TPSA) is 52.6 Å². The van der Waals surface area contributed by atoms with Crippen LogP contribution in [0.15, 0.2) is 46.9 Å². The van der Waals surface area contributed by atoms with Crippen LogP contribution in [0.25, 0.3) is 0 Å². The number of nitrogens with zero attached hydrogens (tertiary/aromatic N) is 1. The molecule has 1 aliphatic heterocycles. The Hall–Kier alpha value is -1.66. The number of aromatic hydroxyl groups is 1. The number of hydrogen-bond acceptors (Lipinski definition) is 4. The SMILES string of the molecule is O=C(NCc1ccc(N2CCSCC2)cc1)c1cc(Br)ccc1O. The summed E-state index contributed by atoms with van der Waals surface area (Å²) in [6, 6.07) is 13.1. The van der Waals surface area contributed by atoms with Gasteiger partial charge in [-0.3, -0.25) is 4.79 Å². The first-order chi connectivity index (χ1) is 11.6. The van der Waals surface area contributed by atoms with Crippen molar-refractivity contribution in [3.63, 3.8) is 0 Å². The normalized spacial score (nSPS) is 14.5. The molecule has 0 atom stereocenters. The highest BCUT2D eigenvalue weighted by atomic mass is 79.9. The van der Waals surface area contributed by atoms with Gasteiger partial charge in [0.25, 0.3) is 5.91 Å². The van der Waals surface area contributed by atoms with Crippen molar-refractivity contribution < 1.29 is 9.90 Å². The van der Waals surface area contributed by atoms with Gasteiger partial charge < -0.3 is 15.3 Å². The van der Waals surface area contributed by atoms with Gasteiger partial charge in [-0.25, -0.2) is 0 Å². The number of benzene rings is 2. The third-order valence-electron chi connectivity index (χ3n) is 3.97. The van der Waals surface area contributed by atoms with Crippen molar-refractivity contribution in [3.05, 3.63) is 58.1 Å². The molecule has 24 heavy (non-hydrogen) atoms. The van der Waals surface area contributed by atoms with E-state index < -0.39 is 0 Å². The first-order valence-corrected chi connectivity index (χ1v) is 9.76. The van der Waals surface area contributed by atoms with Gasteiger partial charge in [0.15, 0.2) is 0 Å². The average Bonchev–Trinajstić information content (AvgIpc) is 2.63. The number of phenols is 1. The maximum atomic E-state index is 12.2. The predicted molar refractivity (Wildman–Crippen MR) is 103 cm³/mol. The maximum absolute atomic E-state index is 12.2. The number of thioether (sulfide) groups is 1. The fourth-order valence-corrected chi connectivity index (χ4v) is 3.88. The highest BCUT2D eigenvalue weighted by molar-refractivity contribution is 9.10. The van der Waals surface area contributed by atoms with Gasteiger partial charge in [-0.1, -0.05) is 28.1 Å². The molecule has 0 spiro atoms. The van der Waals surface area contributed by atoms with Crippen LogP contribution in [0.5, 0.6) is 5.75 Å². The molecule has 0 bridgehead atoms. The molecule has 2 N–H and O–H groups in total. The molecule has 1 fully saturated rings. The van der Waals surface area contributed by atoms with Crippen molar-refractivity contribution in [2.24, 2.45) is 0 Å². The molecule has 1 aliphatic rings. The number of amides is 1. The maximum Gasteiger partial charge on any atom is 0.255 e. The van der Waals surface area contributed by atoms with Gasteiger partial charge in [0, 0.05) is 41.3 Å². The molecule has 0 unspecified atom stereocenters. The van der Waals surface area contributed by atoms with E-state index in [0.717, 1.165) is 23.1 Å². The van der Waals surface area contributed by atoms with Gasteiger partial charge in [0.1, 0.15) is 5.75 Å². The van der Waals surface area contributed by atoms with E-state index in [1.54, 1.807) is 12.1 Å². The minimum Gasteiger partial charge on any atom is -0.507 e. The minimum atomic E-state index is -0.286. The Morgan fingerprint density at radius 3 is 2.58 bits per heavy atom. The van der Waals surface area contributed by atoms with Crippen LogP contribution in [0.1, 0.15) is 15.9 Å². The van der Waals surface area contributed by atoms with E-state index in [9.17, 15) is 9.90 Å². The van der Waals surface area contributed by atoms with Gasteiger partial charge in [0.2, 0.25) is 0 Å². The second kappa shape index (κ2) is 7.94. The molecule has 0 aromatic heterocycles. The van der Waals surface area contributed by atoms with Crippen LogP contribution in [-0.2, 0) is 6.54 Å². The summed E-state index contributed by atoms with van der Waals surface area (Å²) in [5.74, 6) is 2.04. The summed E-state index contributed by atoms with van der Waals surface area (Å²) in [4.78, 5) is 14.6. The first kappa shape index (κ1) is 17.2. The van der Waals surface area contributed by atoms with Gasteiger partial charge in [-0.2, -0.15) is 11.8 Å². The third kappa shape index (κ3) is 4.24. The number of phenolic OH excluding ortho intramolecular Hbond substituents is 1. The fraction of sp³-hybridized carbons (Fsp3) is 0.278. The molecule has 0 radical (unpaired) electrons. The Kier molecular flexibility index (Phi) is 5.68. The van der Waals surface area contributed by atoms with Gasteiger partial charge in [-0.15, -0.1) is 0 Å². The van der Waals surface area contributed by atoms with E-state index >= 15 is 0 Å². The zero-order valence-electron chi connectivity index (χ0n) is 13.2. The smallest absolute Gasteiger partial charge is 0.255 e. The van der Waals surface area contributed by atoms with Gasteiger partial charge >= 0.3 is 0 Å². The summed E-state index contributed by atoms with van der Waals surface area (Å²) in [5, 5.41) is 12.6. The second-order valence-corrected chi connectivity index (χ2v) is 7.75. The van der Waals surface area contributed by atoms with E-state index in [2.05, 4.69) is 38.3 Å². The highest BCUT2D eigenvalue weighted by Crippen LogP contribution is 2.22. The second-order valence-electron chi connectivity index (χ2n) is 5.61. The average molecular weight is 407 g/mol. The number of rotatable bonds is 4. The van der Waals surface area contributed by atoms with Crippen LogP contribution in [0.3, 0.4) is 0 Å². The minimum absolute atomic E-state index is 0.0194. The van der Waals surface area contributed by atoms with E-state index in [1.807, 2.05) is 23.9 Å². The number of anilines is 1. The predicted octanol–water partition coefficient (Wildman–Crippen LogP) is 3.64. The quantitative estimate of drug-likeness (QED) is 0.813. The molecule has 0 aliphatic carbocycles. The van der Waals surface area contributed by atoms with Crippen molar-refractivity contribution in [1.82, 2.24) is 5.32 Å². The van der Waals surface area contributed by atoms with E-state index in [1.165, 1.54) is 23.3 Å². The van der Waals surface area contributed by atoms with E-state index in [0.29, 0.717) is 6.54 Å². The molecule has 4 nitrogen and oxygen atoms in total. The molecule has 2 aromatic carbocycles. The first-order valence-electron chi connectivity index (χ1n) is 7.82. The van der Waals surface area contributed by atoms with Crippen LogP contribution in [-0.4, -0.2) is 35.6 Å². The molecule has 0 saturated carbocycles. The summed E-state index contributed by atoms with van der Waals surface area (Å²) in [6.45, 7) is 2.60. The number of halogens is 1. The Morgan fingerprint density at radius 1 is 1.17 bits per heavy atom. The number of hydrogen-bond donors (Lipinski definition) is 2. The lowest BCUT2D eigenvalue weighted by molar-refractivity contribution is 0.0948. The molecule has 2 aromatic rings.